The topological polar surface area (TPSA) is 81.4 Å². The number of nitrogens with one attached hydrogen (secondary N) is 1. The number of hydrogen-bond acceptors (Lipinski definition) is 4. The Hall–Kier alpha value is -2.82. The molecule has 0 bridgehead atoms. The molecule has 0 saturated carbocycles. The minimum absolute atomic E-state index is 0.109. The van der Waals surface area contributed by atoms with Crippen molar-refractivity contribution in [2.45, 2.75) is 39.2 Å². The lowest BCUT2D eigenvalue weighted by Crippen LogP contribution is -2.31. The molecule has 5 nitrogen and oxygen atoms in total. The summed E-state index contributed by atoms with van der Waals surface area (Å²) in [7, 11) is 0. The molecule has 5 heteroatoms. The van der Waals surface area contributed by atoms with E-state index < -0.39 is 6.04 Å². The third-order valence-corrected chi connectivity index (χ3v) is 4.25. The van der Waals surface area contributed by atoms with Gasteiger partial charge in [-0.05, 0) is 43.0 Å². The maximum Gasteiger partial charge on any atom is 0.308 e. The van der Waals surface area contributed by atoms with Crippen molar-refractivity contribution in [3.8, 4) is 0 Å². The Bertz CT molecular complexity index is 758. The van der Waals surface area contributed by atoms with Crippen molar-refractivity contribution in [2.24, 2.45) is 0 Å². The molecule has 0 aliphatic heterocycles. The van der Waals surface area contributed by atoms with Crippen molar-refractivity contribution in [2.75, 3.05) is 12.3 Å². The highest BCUT2D eigenvalue weighted by atomic mass is 16.5. The quantitative estimate of drug-likeness (QED) is 0.563. The average molecular weight is 354 g/mol. The van der Waals surface area contributed by atoms with Gasteiger partial charge >= 0.3 is 5.97 Å². The fourth-order valence-corrected chi connectivity index (χ4v) is 2.88. The second-order valence-corrected chi connectivity index (χ2v) is 6.18. The van der Waals surface area contributed by atoms with Crippen molar-refractivity contribution < 1.29 is 14.3 Å². The Balaban J connectivity index is 2.05. The minimum Gasteiger partial charge on any atom is -0.466 e. The maximum absolute atomic E-state index is 12.5. The van der Waals surface area contributed by atoms with Crippen molar-refractivity contribution in [3.63, 3.8) is 0 Å². The van der Waals surface area contributed by atoms with Crippen molar-refractivity contribution >= 4 is 17.6 Å². The lowest BCUT2D eigenvalue weighted by molar-refractivity contribution is -0.143. The molecule has 0 fully saturated rings. The number of aryl methyl sites for hydroxylation is 2. The predicted octanol–water partition coefficient (Wildman–Crippen LogP) is 3.32. The van der Waals surface area contributed by atoms with Crippen LogP contribution in [0.4, 0.5) is 5.69 Å². The van der Waals surface area contributed by atoms with Crippen LogP contribution in [0.15, 0.2) is 48.5 Å². The zero-order valence-corrected chi connectivity index (χ0v) is 15.3. The average Bonchev–Trinajstić information content (AvgIpc) is 2.61. The molecule has 26 heavy (non-hydrogen) atoms. The summed E-state index contributed by atoms with van der Waals surface area (Å²) in [6.07, 6.45) is 0.968. The summed E-state index contributed by atoms with van der Waals surface area (Å²) in [6.45, 7) is 4.05. The van der Waals surface area contributed by atoms with E-state index in [0.29, 0.717) is 25.1 Å². The maximum atomic E-state index is 12.5. The van der Waals surface area contributed by atoms with Crippen molar-refractivity contribution in [1.29, 1.82) is 0 Å². The van der Waals surface area contributed by atoms with Crippen molar-refractivity contribution in [1.82, 2.24) is 5.32 Å². The number of ether oxygens (including phenoxy) is 1. The molecule has 0 spiro atoms. The van der Waals surface area contributed by atoms with E-state index in [0.717, 1.165) is 16.7 Å². The monoisotopic (exact) mass is 354 g/mol. The van der Waals surface area contributed by atoms with E-state index in [1.807, 2.05) is 55.5 Å². The number of esters is 1. The normalized spacial score (nSPS) is 11.6. The van der Waals surface area contributed by atoms with Crippen LogP contribution < -0.4 is 11.1 Å². The smallest absolute Gasteiger partial charge is 0.308 e. The van der Waals surface area contributed by atoms with Gasteiger partial charge in [-0.15, -0.1) is 0 Å². The molecule has 1 atom stereocenters. The van der Waals surface area contributed by atoms with Crippen LogP contribution >= 0.6 is 0 Å². The van der Waals surface area contributed by atoms with Gasteiger partial charge in [-0.1, -0.05) is 42.5 Å². The Morgan fingerprint density at radius 2 is 1.81 bits per heavy atom. The molecule has 1 amide bonds. The number of para-hydroxylation sites is 1. The largest absolute Gasteiger partial charge is 0.466 e. The first-order valence-electron chi connectivity index (χ1n) is 8.85. The third kappa shape index (κ3) is 5.62. The van der Waals surface area contributed by atoms with Crippen LogP contribution in [0.2, 0.25) is 0 Å². The number of nitrogens with two attached hydrogens (primary N) is 1. The molecule has 3 N–H and O–H groups in total. The van der Waals surface area contributed by atoms with Crippen LogP contribution in [0, 0.1) is 6.92 Å². The molecule has 2 aromatic rings. The first-order valence-corrected chi connectivity index (χ1v) is 8.85. The summed E-state index contributed by atoms with van der Waals surface area (Å²) in [5.74, 6) is -0.445. The SMILES string of the molecule is CCOC(=O)CC(NC(=O)CCc1ccccc1N)c1ccccc1C. The van der Waals surface area contributed by atoms with Gasteiger partial charge in [0.05, 0.1) is 19.1 Å². The van der Waals surface area contributed by atoms with Crippen LogP contribution in [-0.2, 0) is 20.7 Å². The number of nitrogen functional groups attached to an aromatic ring is 1. The molecule has 138 valence electrons. The lowest BCUT2D eigenvalue weighted by atomic mass is 9.98. The van der Waals surface area contributed by atoms with Gasteiger partial charge in [-0.3, -0.25) is 9.59 Å². The standard InChI is InChI=1S/C21H26N2O3/c1-3-26-21(25)14-19(17-10-6-4-8-15(17)2)23-20(24)13-12-16-9-5-7-11-18(16)22/h4-11,19H,3,12-14,22H2,1-2H3,(H,23,24). The molecule has 2 aromatic carbocycles. The van der Waals surface area contributed by atoms with Crippen LogP contribution in [0.25, 0.3) is 0 Å². The van der Waals surface area contributed by atoms with Gasteiger partial charge < -0.3 is 15.8 Å². The van der Waals surface area contributed by atoms with Crippen LogP contribution in [0.3, 0.4) is 0 Å². The second kappa shape index (κ2) is 9.61. The summed E-state index contributed by atoms with van der Waals surface area (Å²) in [4.78, 5) is 24.4. The van der Waals surface area contributed by atoms with Gasteiger partial charge in [-0.2, -0.15) is 0 Å². The summed E-state index contributed by atoms with van der Waals surface area (Å²) in [6, 6.07) is 14.8. The number of benzene rings is 2. The number of hydrogen-bond donors (Lipinski definition) is 2. The fraction of sp³-hybridized carbons (Fsp3) is 0.333. The molecule has 0 aliphatic carbocycles. The summed E-state index contributed by atoms with van der Waals surface area (Å²) >= 11 is 0. The number of rotatable bonds is 8. The molecule has 0 heterocycles. The number of carbonyl (C=O) groups excluding carboxylic acids is 2. The van der Waals surface area contributed by atoms with E-state index in [1.165, 1.54) is 0 Å². The van der Waals surface area contributed by atoms with Gasteiger partial charge in [-0.25, -0.2) is 0 Å². The molecular weight excluding hydrogens is 328 g/mol. The fourth-order valence-electron chi connectivity index (χ4n) is 2.88. The highest BCUT2D eigenvalue weighted by Gasteiger charge is 2.20. The van der Waals surface area contributed by atoms with Gasteiger partial charge in [0, 0.05) is 12.1 Å². The van der Waals surface area contributed by atoms with E-state index >= 15 is 0 Å². The number of anilines is 1. The first kappa shape index (κ1) is 19.5. The first-order chi connectivity index (χ1) is 12.5. The van der Waals surface area contributed by atoms with Gasteiger partial charge in [0.2, 0.25) is 5.91 Å². The van der Waals surface area contributed by atoms with E-state index in [-0.39, 0.29) is 18.3 Å². The summed E-state index contributed by atoms with van der Waals surface area (Å²) < 4.78 is 5.05. The Morgan fingerprint density at radius 3 is 2.50 bits per heavy atom. The van der Waals surface area contributed by atoms with Crippen LogP contribution in [0.5, 0.6) is 0 Å². The predicted molar refractivity (Wildman–Crippen MR) is 102 cm³/mol. The van der Waals surface area contributed by atoms with Gasteiger partial charge in [0.15, 0.2) is 0 Å². The zero-order chi connectivity index (χ0) is 18.9. The van der Waals surface area contributed by atoms with Crippen LogP contribution in [0.1, 0.15) is 42.5 Å². The van der Waals surface area contributed by atoms with E-state index in [1.54, 1.807) is 6.92 Å². The summed E-state index contributed by atoms with van der Waals surface area (Å²) in [5.41, 5.74) is 9.50. The zero-order valence-electron chi connectivity index (χ0n) is 15.3. The Morgan fingerprint density at radius 1 is 1.12 bits per heavy atom. The highest BCUT2D eigenvalue weighted by Crippen LogP contribution is 2.22. The molecule has 1 unspecified atom stereocenters. The number of amides is 1. The molecule has 0 radical (unpaired) electrons. The lowest BCUT2D eigenvalue weighted by Gasteiger charge is -2.20. The number of carbonyl (C=O) groups is 2. The molecule has 0 saturated heterocycles. The summed E-state index contributed by atoms with van der Waals surface area (Å²) in [5, 5.41) is 2.97. The molecule has 0 aliphatic rings. The van der Waals surface area contributed by atoms with Crippen molar-refractivity contribution in [3.05, 3.63) is 65.2 Å². The van der Waals surface area contributed by atoms with E-state index in [4.69, 9.17) is 10.5 Å². The Labute approximate surface area is 154 Å². The van der Waals surface area contributed by atoms with Gasteiger partial charge in [0.25, 0.3) is 0 Å². The highest BCUT2D eigenvalue weighted by molar-refractivity contribution is 5.78. The molecular formula is C21H26N2O3. The molecule has 0 aromatic heterocycles. The molecule has 2 rings (SSSR count). The minimum atomic E-state index is -0.407. The Kier molecular flexibility index (Phi) is 7.21. The third-order valence-electron chi connectivity index (χ3n) is 4.25. The second-order valence-electron chi connectivity index (χ2n) is 6.18. The van der Waals surface area contributed by atoms with E-state index in [2.05, 4.69) is 5.32 Å². The van der Waals surface area contributed by atoms with E-state index in [9.17, 15) is 9.59 Å². The van der Waals surface area contributed by atoms with Crippen LogP contribution in [-0.4, -0.2) is 18.5 Å². The van der Waals surface area contributed by atoms with Gasteiger partial charge in [0.1, 0.15) is 0 Å².